The summed E-state index contributed by atoms with van der Waals surface area (Å²) in [5.41, 5.74) is 1.60. The minimum absolute atomic E-state index is 0.0392. The third kappa shape index (κ3) is 4.92. The smallest absolute Gasteiger partial charge is 0.259 e. The van der Waals surface area contributed by atoms with Crippen LogP contribution in [0.25, 0.3) is 5.57 Å². The fourth-order valence-corrected chi connectivity index (χ4v) is 3.60. The molecule has 4 N–H and O–H groups in total. The van der Waals surface area contributed by atoms with Gasteiger partial charge in [-0.3, -0.25) is 9.59 Å². The van der Waals surface area contributed by atoms with Crippen molar-refractivity contribution in [3.05, 3.63) is 30.2 Å². The monoisotopic (exact) mass is 454 g/mol. The second kappa shape index (κ2) is 10.1. The van der Waals surface area contributed by atoms with Gasteiger partial charge in [0.05, 0.1) is 32.0 Å². The lowest BCUT2D eigenvalue weighted by Gasteiger charge is -2.16. The molecule has 2 amide bonds. The van der Waals surface area contributed by atoms with Gasteiger partial charge in [0.1, 0.15) is 18.0 Å². The van der Waals surface area contributed by atoms with Crippen LogP contribution in [0.4, 0.5) is 17.3 Å². The Hall–Kier alpha value is -4.02. The van der Waals surface area contributed by atoms with Crippen LogP contribution in [-0.4, -0.2) is 55.7 Å². The Morgan fingerprint density at radius 2 is 1.82 bits per heavy atom. The maximum absolute atomic E-state index is 12.6. The van der Waals surface area contributed by atoms with Gasteiger partial charge >= 0.3 is 0 Å². The molecule has 0 spiro atoms. The van der Waals surface area contributed by atoms with E-state index in [0.29, 0.717) is 84.7 Å². The third-order valence-electron chi connectivity index (χ3n) is 5.20. The van der Waals surface area contributed by atoms with E-state index in [1.165, 1.54) is 20.5 Å². The number of nitrogens with zero attached hydrogens (tertiary/aromatic N) is 2. The number of hydrogen-bond acceptors (Lipinski definition) is 9. The van der Waals surface area contributed by atoms with Gasteiger partial charge in [-0.05, 0) is 12.8 Å². The maximum atomic E-state index is 12.6. The SMILES string of the molecule is COc1cc2cc(c1OC)OCCCC(=O)NCCCNc1ncnc3c1/C(=C/N2)C(=O)N3. The van der Waals surface area contributed by atoms with Crippen molar-refractivity contribution in [1.29, 1.82) is 0 Å². The van der Waals surface area contributed by atoms with E-state index in [-0.39, 0.29) is 11.8 Å². The summed E-state index contributed by atoms with van der Waals surface area (Å²) >= 11 is 0. The summed E-state index contributed by atoms with van der Waals surface area (Å²) < 4.78 is 16.8. The van der Waals surface area contributed by atoms with Crippen LogP contribution in [0.5, 0.6) is 17.2 Å². The van der Waals surface area contributed by atoms with E-state index in [1.807, 2.05) is 0 Å². The number of hydrogen-bond donors (Lipinski definition) is 4. The zero-order valence-corrected chi connectivity index (χ0v) is 18.5. The summed E-state index contributed by atoms with van der Waals surface area (Å²) in [6, 6.07) is 3.49. The molecule has 0 saturated carbocycles. The first-order chi connectivity index (χ1) is 16.1. The van der Waals surface area contributed by atoms with Gasteiger partial charge in [0.15, 0.2) is 11.5 Å². The number of aromatic nitrogens is 2. The Kier molecular flexibility index (Phi) is 6.77. The van der Waals surface area contributed by atoms with Gasteiger partial charge in [-0.2, -0.15) is 0 Å². The molecule has 33 heavy (non-hydrogen) atoms. The summed E-state index contributed by atoms with van der Waals surface area (Å²) in [7, 11) is 3.06. The minimum Gasteiger partial charge on any atom is -0.493 e. The van der Waals surface area contributed by atoms with Gasteiger partial charge in [0, 0.05) is 43.5 Å². The number of methoxy groups -OCH3 is 2. The van der Waals surface area contributed by atoms with E-state index < -0.39 is 0 Å². The first-order valence-corrected chi connectivity index (χ1v) is 10.6. The van der Waals surface area contributed by atoms with Crippen molar-refractivity contribution in [2.24, 2.45) is 0 Å². The molecule has 2 bridgehead atoms. The molecule has 0 fully saturated rings. The van der Waals surface area contributed by atoms with Gasteiger partial charge in [-0.25, -0.2) is 9.97 Å². The van der Waals surface area contributed by atoms with E-state index in [4.69, 9.17) is 14.2 Å². The van der Waals surface area contributed by atoms with Crippen molar-refractivity contribution in [3.63, 3.8) is 0 Å². The van der Waals surface area contributed by atoms with Crippen LogP contribution in [0, 0.1) is 0 Å². The zero-order valence-electron chi connectivity index (χ0n) is 18.5. The highest BCUT2D eigenvalue weighted by molar-refractivity contribution is 6.32. The lowest BCUT2D eigenvalue weighted by molar-refractivity contribution is -0.121. The largest absolute Gasteiger partial charge is 0.493 e. The molecule has 174 valence electrons. The van der Waals surface area contributed by atoms with Crippen LogP contribution < -0.4 is 35.5 Å². The molecule has 1 aromatic heterocycles. The number of rotatable bonds is 2. The number of fused-ring (bicyclic) bond motifs is 2. The van der Waals surface area contributed by atoms with Gasteiger partial charge in [0.2, 0.25) is 11.7 Å². The van der Waals surface area contributed by atoms with Crippen LogP contribution in [0.15, 0.2) is 24.7 Å². The lowest BCUT2D eigenvalue weighted by atomic mass is 10.1. The molecule has 0 saturated heterocycles. The molecule has 0 unspecified atom stereocenters. The molecule has 2 aliphatic heterocycles. The Morgan fingerprint density at radius 1 is 1.00 bits per heavy atom. The van der Waals surface area contributed by atoms with Crippen molar-refractivity contribution in [2.75, 3.05) is 49.9 Å². The summed E-state index contributed by atoms with van der Waals surface area (Å²) in [5, 5.41) is 12.0. The minimum atomic E-state index is -0.292. The number of anilines is 3. The third-order valence-corrected chi connectivity index (χ3v) is 5.20. The van der Waals surface area contributed by atoms with Gasteiger partial charge in [-0.15, -0.1) is 0 Å². The summed E-state index contributed by atoms with van der Waals surface area (Å²) in [4.78, 5) is 33.2. The lowest BCUT2D eigenvalue weighted by Crippen LogP contribution is -2.26. The maximum Gasteiger partial charge on any atom is 0.259 e. The highest BCUT2D eigenvalue weighted by Gasteiger charge is 2.29. The first-order valence-electron chi connectivity index (χ1n) is 10.6. The van der Waals surface area contributed by atoms with Crippen LogP contribution in [-0.2, 0) is 9.59 Å². The number of ether oxygens (including phenoxy) is 3. The summed E-state index contributed by atoms with van der Waals surface area (Å²) in [6.45, 7) is 1.42. The Labute approximate surface area is 190 Å². The van der Waals surface area contributed by atoms with Crippen molar-refractivity contribution >= 4 is 34.7 Å². The Morgan fingerprint density at radius 3 is 2.64 bits per heavy atom. The Balaban J connectivity index is 1.71. The van der Waals surface area contributed by atoms with Gasteiger partial charge in [0.25, 0.3) is 5.91 Å². The molecular formula is C22H26N6O5. The number of amides is 2. The predicted molar refractivity (Wildman–Crippen MR) is 123 cm³/mol. The molecule has 11 heteroatoms. The fourth-order valence-electron chi connectivity index (χ4n) is 3.60. The van der Waals surface area contributed by atoms with Gasteiger partial charge in [-0.1, -0.05) is 0 Å². The van der Waals surface area contributed by atoms with Crippen LogP contribution in [0.1, 0.15) is 24.8 Å². The zero-order chi connectivity index (χ0) is 23.2. The summed E-state index contributed by atoms with van der Waals surface area (Å²) in [5.74, 6) is 2.01. The highest BCUT2D eigenvalue weighted by Crippen LogP contribution is 2.41. The quantitative estimate of drug-likeness (QED) is 0.537. The molecule has 1 aromatic carbocycles. The molecule has 3 heterocycles. The number of carbonyl (C=O) groups is 2. The van der Waals surface area contributed by atoms with Crippen LogP contribution >= 0.6 is 0 Å². The van der Waals surface area contributed by atoms with Crippen LogP contribution in [0.3, 0.4) is 0 Å². The number of carbonyl (C=O) groups excluding carboxylic acids is 2. The predicted octanol–water partition coefficient (Wildman–Crippen LogP) is 1.99. The molecule has 0 radical (unpaired) electrons. The molecule has 4 rings (SSSR count). The molecule has 0 aliphatic carbocycles. The van der Waals surface area contributed by atoms with Gasteiger partial charge < -0.3 is 35.5 Å². The Bertz CT molecular complexity index is 1090. The molecule has 2 aliphatic rings. The van der Waals surface area contributed by atoms with E-state index in [2.05, 4.69) is 31.2 Å². The number of benzene rings is 1. The average molecular weight is 454 g/mol. The normalized spacial score (nSPS) is 17.9. The first kappa shape index (κ1) is 22.2. The highest BCUT2D eigenvalue weighted by atomic mass is 16.5. The van der Waals surface area contributed by atoms with E-state index >= 15 is 0 Å². The molecule has 0 atom stereocenters. The topological polar surface area (TPSA) is 136 Å². The molecule has 2 aromatic rings. The van der Waals surface area contributed by atoms with E-state index in [0.717, 1.165) is 0 Å². The second-order valence-electron chi connectivity index (χ2n) is 7.39. The fraction of sp³-hybridized carbons (Fsp3) is 0.364. The second-order valence-corrected chi connectivity index (χ2v) is 7.39. The van der Waals surface area contributed by atoms with Crippen LogP contribution in [0.2, 0.25) is 0 Å². The molecular weight excluding hydrogens is 428 g/mol. The average Bonchev–Trinajstić information content (AvgIpc) is 3.14. The van der Waals surface area contributed by atoms with Crippen molar-refractivity contribution in [3.8, 4) is 17.2 Å². The standard InChI is InChI=1S/C22H26N6O5/c1-31-15-9-13-10-16(19(15)32-2)33-8-3-5-17(29)23-6-4-7-24-20-18-14(11-25-13)22(30)28-21(18)27-12-26-20/h9-12,25H,3-8H2,1-2H3,(H,23,29)(H2,24,26,27,28,30)/b14-11-. The van der Waals surface area contributed by atoms with Crippen molar-refractivity contribution < 1.29 is 23.8 Å². The van der Waals surface area contributed by atoms with Crippen molar-refractivity contribution in [2.45, 2.75) is 19.3 Å². The number of nitrogens with one attached hydrogen (secondary N) is 4. The van der Waals surface area contributed by atoms with E-state index in [1.54, 1.807) is 18.3 Å². The summed E-state index contributed by atoms with van der Waals surface area (Å²) in [6.07, 6.45) is 4.59. The van der Waals surface area contributed by atoms with Crippen molar-refractivity contribution in [1.82, 2.24) is 15.3 Å². The van der Waals surface area contributed by atoms with E-state index in [9.17, 15) is 9.59 Å². The molecule has 11 nitrogen and oxygen atoms in total.